The molecule has 0 radical (unpaired) electrons. The van der Waals surface area contributed by atoms with E-state index in [-0.39, 0.29) is 0 Å². The number of rotatable bonds is 2. The summed E-state index contributed by atoms with van der Waals surface area (Å²) in [5, 5.41) is 8.66. The van der Waals surface area contributed by atoms with E-state index in [9.17, 15) is 0 Å². The van der Waals surface area contributed by atoms with Crippen LogP contribution in [0, 0.1) is 5.92 Å². The Morgan fingerprint density at radius 1 is 0.545 bits per heavy atom. The lowest BCUT2D eigenvalue weighted by Crippen LogP contribution is -2.11. The smallest absolute Gasteiger partial charge is 0.143 e. The predicted octanol–water partition coefficient (Wildman–Crippen LogP) is 12.3. The molecule has 2 atom stereocenters. The van der Waals surface area contributed by atoms with Crippen molar-refractivity contribution >= 4 is 71.0 Å². The van der Waals surface area contributed by atoms with Crippen molar-refractivity contribution in [2.75, 3.05) is 0 Å². The van der Waals surface area contributed by atoms with Crippen LogP contribution < -0.4 is 0 Å². The third-order valence-electron chi connectivity index (χ3n) is 9.61. The number of thiophene rings is 1. The van der Waals surface area contributed by atoms with Gasteiger partial charge in [0.15, 0.2) is 0 Å². The van der Waals surface area contributed by atoms with Crippen LogP contribution in [0.25, 0.3) is 81.9 Å². The Morgan fingerprint density at radius 2 is 1.23 bits per heavy atom. The monoisotopic (exact) mass is 578 g/mol. The third kappa shape index (κ3) is 3.35. The lowest BCUT2D eigenvalue weighted by molar-refractivity contribution is 0.670. The minimum Gasteiger partial charge on any atom is -0.455 e. The number of hydrogen-bond donors (Lipinski definition) is 0. The quantitative estimate of drug-likeness (QED) is 0.186. The van der Waals surface area contributed by atoms with Gasteiger partial charge in [0.25, 0.3) is 0 Å². The van der Waals surface area contributed by atoms with Crippen LogP contribution in [-0.4, -0.2) is 0 Å². The fourth-order valence-electron chi connectivity index (χ4n) is 7.66. The van der Waals surface area contributed by atoms with E-state index < -0.39 is 0 Å². The topological polar surface area (TPSA) is 13.1 Å². The summed E-state index contributed by atoms with van der Waals surface area (Å²) in [5.41, 5.74) is 8.16. The van der Waals surface area contributed by atoms with Crippen LogP contribution >= 0.6 is 11.3 Å². The van der Waals surface area contributed by atoms with Crippen molar-refractivity contribution in [1.29, 1.82) is 0 Å². The number of para-hydroxylation sites is 2. The van der Waals surface area contributed by atoms with E-state index in [0.29, 0.717) is 11.8 Å². The molecule has 1 nitrogen and oxygen atoms in total. The molecule has 0 fully saturated rings. The first kappa shape index (κ1) is 24.3. The standard InChI is InChI=1S/C42H26OS/c1-2-11-27-25(10-1)20-22-34-36-24-26(21-23-38(36)44-42(27)34)39-29-13-3-5-15-31(29)40(32-16-6-4-14-30(32)39)35-18-9-17-33-28-12-7-8-19-37(28)43-41(33)35/h1-25,27H. The normalized spacial score (nSPS) is 17.3. The Kier molecular flexibility index (Phi) is 5.05. The van der Waals surface area contributed by atoms with Crippen molar-refractivity contribution in [1.82, 2.24) is 0 Å². The predicted molar refractivity (Wildman–Crippen MR) is 189 cm³/mol. The minimum atomic E-state index is 0.433. The zero-order valence-corrected chi connectivity index (χ0v) is 24.6. The average Bonchev–Trinajstić information content (AvgIpc) is 3.66. The summed E-state index contributed by atoms with van der Waals surface area (Å²) >= 11 is 1.95. The highest BCUT2D eigenvalue weighted by Gasteiger charge is 2.28. The van der Waals surface area contributed by atoms with Gasteiger partial charge in [0, 0.05) is 48.7 Å². The number of hydrogen-bond acceptors (Lipinski definition) is 2. The highest BCUT2D eigenvalue weighted by molar-refractivity contribution is 7.19. The van der Waals surface area contributed by atoms with Gasteiger partial charge in [0.1, 0.15) is 11.2 Å². The van der Waals surface area contributed by atoms with Crippen LogP contribution in [0.4, 0.5) is 0 Å². The molecule has 6 aromatic carbocycles. The van der Waals surface area contributed by atoms with E-state index in [0.717, 1.165) is 27.5 Å². The van der Waals surface area contributed by atoms with E-state index in [4.69, 9.17) is 4.42 Å². The van der Waals surface area contributed by atoms with Crippen LogP contribution in [0.15, 0.2) is 144 Å². The summed E-state index contributed by atoms with van der Waals surface area (Å²) < 4.78 is 7.92. The molecule has 0 saturated heterocycles. The summed E-state index contributed by atoms with van der Waals surface area (Å²) in [6.07, 6.45) is 13.8. The highest BCUT2D eigenvalue weighted by atomic mass is 32.1. The SMILES string of the molecule is C1=CC2C=Cc3c(sc4ccc(-c5c6ccccc6c(-c6cccc7c6oc6ccccc67)c6ccccc56)cc34)C2C=C1. The molecule has 206 valence electrons. The summed E-state index contributed by atoms with van der Waals surface area (Å²) in [7, 11) is 0. The Hall–Kier alpha value is -5.18. The van der Waals surface area contributed by atoms with Crippen LogP contribution in [-0.2, 0) is 0 Å². The van der Waals surface area contributed by atoms with Crippen molar-refractivity contribution in [3.8, 4) is 22.3 Å². The fourth-order valence-corrected chi connectivity index (χ4v) is 8.97. The summed E-state index contributed by atoms with van der Waals surface area (Å²) in [4.78, 5) is 1.48. The average molecular weight is 579 g/mol. The molecule has 2 heteroatoms. The van der Waals surface area contributed by atoms with Gasteiger partial charge in [-0.25, -0.2) is 0 Å². The van der Waals surface area contributed by atoms with Crippen molar-refractivity contribution in [2.24, 2.45) is 5.92 Å². The fraction of sp³-hybridized carbons (Fsp3) is 0.0476. The van der Waals surface area contributed by atoms with E-state index in [2.05, 4.69) is 140 Å². The van der Waals surface area contributed by atoms with Gasteiger partial charge in [-0.15, -0.1) is 11.3 Å². The number of furan rings is 1. The van der Waals surface area contributed by atoms with Gasteiger partial charge in [-0.2, -0.15) is 0 Å². The maximum atomic E-state index is 6.57. The lowest BCUT2D eigenvalue weighted by atomic mass is 9.81. The summed E-state index contributed by atoms with van der Waals surface area (Å²) in [5.74, 6) is 0.888. The van der Waals surface area contributed by atoms with Gasteiger partial charge in [0.05, 0.1) is 0 Å². The number of benzene rings is 6. The second-order valence-corrected chi connectivity index (χ2v) is 13.0. The molecule has 8 aromatic rings. The van der Waals surface area contributed by atoms with E-state index >= 15 is 0 Å². The summed E-state index contributed by atoms with van der Waals surface area (Å²) in [6.45, 7) is 0. The van der Waals surface area contributed by atoms with Crippen LogP contribution in [0.2, 0.25) is 0 Å². The van der Waals surface area contributed by atoms with Gasteiger partial charge in [-0.3, -0.25) is 0 Å². The molecule has 0 saturated carbocycles. The van der Waals surface area contributed by atoms with Crippen molar-refractivity contribution < 1.29 is 4.42 Å². The minimum absolute atomic E-state index is 0.433. The van der Waals surface area contributed by atoms with Crippen molar-refractivity contribution in [2.45, 2.75) is 5.92 Å². The Balaban J connectivity index is 1.27. The Morgan fingerprint density at radius 3 is 2.02 bits per heavy atom. The highest BCUT2D eigenvalue weighted by Crippen LogP contribution is 2.49. The Labute approximate surface area is 258 Å². The molecule has 2 unspecified atom stereocenters. The molecular weight excluding hydrogens is 553 g/mol. The molecular formula is C42H26OS. The zero-order valence-electron chi connectivity index (χ0n) is 23.8. The first-order chi connectivity index (χ1) is 21.8. The molecule has 44 heavy (non-hydrogen) atoms. The molecule has 0 amide bonds. The van der Waals surface area contributed by atoms with E-state index in [1.807, 2.05) is 17.4 Å². The largest absolute Gasteiger partial charge is 0.455 e. The van der Waals surface area contributed by atoms with Crippen molar-refractivity contribution in [3.05, 3.63) is 150 Å². The molecule has 2 aliphatic carbocycles. The molecule has 0 N–H and O–H groups in total. The van der Waals surface area contributed by atoms with Gasteiger partial charge in [-0.1, -0.05) is 127 Å². The Bertz CT molecular complexity index is 2510. The van der Waals surface area contributed by atoms with Gasteiger partial charge in [-0.05, 0) is 56.4 Å². The number of allylic oxidation sites excluding steroid dienone is 5. The molecule has 0 aliphatic heterocycles. The first-order valence-corrected chi connectivity index (χ1v) is 16.1. The van der Waals surface area contributed by atoms with Crippen LogP contribution in [0.5, 0.6) is 0 Å². The molecule has 2 heterocycles. The second kappa shape index (κ2) is 9.16. The third-order valence-corrected chi connectivity index (χ3v) is 10.9. The summed E-state index contributed by atoms with van der Waals surface area (Å²) in [6, 6.07) is 39.8. The lowest BCUT2D eigenvalue weighted by Gasteiger charge is -2.24. The first-order valence-electron chi connectivity index (χ1n) is 15.3. The molecule has 0 spiro atoms. The van der Waals surface area contributed by atoms with Gasteiger partial charge in [0.2, 0.25) is 0 Å². The molecule has 10 rings (SSSR count). The van der Waals surface area contributed by atoms with Crippen LogP contribution in [0.3, 0.4) is 0 Å². The number of fused-ring (bicyclic) bond motifs is 10. The molecule has 2 aromatic heterocycles. The van der Waals surface area contributed by atoms with Crippen LogP contribution in [0.1, 0.15) is 16.4 Å². The molecule has 2 aliphatic rings. The van der Waals surface area contributed by atoms with Gasteiger partial charge >= 0.3 is 0 Å². The maximum absolute atomic E-state index is 6.57. The van der Waals surface area contributed by atoms with E-state index in [1.165, 1.54) is 58.8 Å². The second-order valence-electron chi connectivity index (χ2n) is 11.9. The van der Waals surface area contributed by atoms with E-state index in [1.54, 1.807) is 0 Å². The van der Waals surface area contributed by atoms with Gasteiger partial charge < -0.3 is 4.42 Å². The zero-order chi connectivity index (χ0) is 28.8. The van der Waals surface area contributed by atoms with Crippen molar-refractivity contribution in [3.63, 3.8) is 0 Å². The maximum Gasteiger partial charge on any atom is 0.143 e. The molecule has 0 bridgehead atoms.